The topological polar surface area (TPSA) is 49.4 Å². The summed E-state index contributed by atoms with van der Waals surface area (Å²) in [6.07, 6.45) is 3.38. The van der Waals surface area contributed by atoms with Crippen LogP contribution in [0, 0.1) is 0 Å². The van der Waals surface area contributed by atoms with Crippen LogP contribution in [-0.4, -0.2) is 37.9 Å². The molecule has 1 unspecified atom stereocenters. The molecule has 21 heavy (non-hydrogen) atoms. The molecule has 0 saturated carbocycles. The zero-order valence-corrected chi connectivity index (χ0v) is 15.0. The van der Waals surface area contributed by atoms with E-state index in [1.807, 2.05) is 19.9 Å². The molecule has 1 saturated heterocycles. The average molecular weight is 375 g/mol. The van der Waals surface area contributed by atoms with Crippen molar-refractivity contribution in [1.29, 1.82) is 0 Å². The van der Waals surface area contributed by atoms with E-state index >= 15 is 0 Å². The molecular weight excluding hydrogens is 352 g/mol. The first-order valence-corrected chi connectivity index (χ1v) is 9.66. The predicted molar refractivity (Wildman–Crippen MR) is 88.8 cm³/mol. The van der Waals surface area contributed by atoms with Crippen LogP contribution in [0.25, 0.3) is 0 Å². The molecule has 6 heteroatoms. The molecule has 1 heterocycles. The van der Waals surface area contributed by atoms with Crippen molar-refractivity contribution >= 4 is 26.0 Å². The van der Waals surface area contributed by atoms with Gasteiger partial charge in [0.15, 0.2) is 0 Å². The Hall–Kier alpha value is -0.430. The molecule has 1 aliphatic rings. The molecule has 0 spiro atoms. The van der Waals surface area contributed by atoms with E-state index in [1.54, 1.807) is 22.5 Å². The van der Waals surface area contributed by atoms with E-state index in [9.17, 15) is 8.42 Å². The Bertz CT molecular complexity index is 569. The van der Waals surface area contributed by atoms with Crippen molar-refractivity contribution in [2.45, 2.75) is 50.1 Å². The van der Waals surface area contributed by atoms with Crippen molar-refractivity contribution in [2.75, 3.05) is 13.1 Å². The second kappa shape index (κ2) is 7.22. The van der Waals surface area contributed by atoms with Crippen LogP contribution in [-0.2, 0) is 10.0 Å². The van der Waals surface area contributed by atoms with Gasteiger partial charge in [-0.25, -0.2) is 8.42 Å². The monoisotopic (exact) mass is 374 g/mol. The molecule has 1 aromatic carbocycles. The lowest BCUT2D eigenvalue weighted by Crippen LogP contribution is -2.48. The Balaban J connectivity index is 2.26. The van der Waals surface area contributed by atoms with Crippen molar-refractivity contribution in [3.8, 4) is 0 Å². The van der Waals surface area contributed by atoms with Gasteiger partial charge in [0.2, 0.25) is 10.0 Å². The first kappa shape index (κ1) is 16.9. The highest BCUT2D eigenvalue weighted by Gasteiger charge is 2.31. The minimum atomic E-state index is -3.48. The molecule has 4 nitrogen and oxygen atoms in total. The van der Waals surface area contributed by atoms with E-state index in [0.29, 0.717) is 15.9 Å². The number of piperidine rings is 1. The van der Waals surface area contributed by atoms with Crippen LogP contribution in [0.2, 0.25) is 0 Å². The summed E-state index contributed by atoms with van der Waals surface area (Å²) in [5.74, 6) is 0. The van der Waals surface area contributed by atoms with Gasteiger partial charge in [0.25, 0.3) is 0 Å². The van der Waals surface area contributed by atoms with Gasteiger partial charge < -0.3 is 5.32 Å². The summed E-state index contributed by atoms with van der Waals surface area (Å²) in [6.45, 7) is 5.36. The van der Waals surface area contributed by atoms with Crippen LogP contribution in [0.1, 0.15) is 33.1 Å². The molecule has 1 aliphatic heterocycles. The van der Waals surface area contributed by atoms with Gasteiger partial charge in [-0.1, -0.05) is 18.6 Å². The fourth-order valence-corrected chi connectivity index (χ4v) is 5.31. The lowest BCUT2D eigenvalue weighted by atomic mass is 10.1. The first-order valence-electron chi connectivity index (χ1n) is 7.42. The van der Waals surface area contributed by atoms with E-state index in [2.05, 4.69) is 21.2 Å². The lowest BCUT2D eigenvalue weighted by Gasteiger charge is -2.32. The maximum absolute atomic E-state index is 12.9. The summed E-state index contributed by atoms with van der Waals surface area (Å²) in [6, 6.07) is 7.19. The fourth-order valence-electron chi connectivity index (χ4n) is 2.66. The number of rotatable bonds is 5. The highest BCUT2D eigenvalue weighted by molar-refractivity contribution is 9.10. The molecule has 1 N–H and O–H groups in total. The maximum atomic E-state index is 12.9. The van der Waals surface area contributed by atoms with E-state index in [-0.39, 0.29) is 12.1 Å². The Morgan fingerprint density at radius 3 is 2.62 bits per heavy atom. The van der Waals surface area contributed by atoms with Crippen LogP contribution in [0.3, 0.4) is 0 Å². The molecule has 1 atom stereocenters. The number of benzene rings is 1. The van der Waals surface area contributed by atoms with Gasteiger partial charge in [0.05, 0.1) is 4.90 Å². The largest absolute Gasteiger partial charge is 0.313 e. The minimum absolute atomic E-state index is 0.0640. The quantitative estimate of drug-likeness (QED) is 0.861. The second-order valence-corrected chi connectivity index (χ2v) is 8.46. The zero-order chi connectivity index (χ0) is 15.5. The molecule has 0 radical (unpaired) electrons. The standard InChI is InChI=1S/C15H23BrN2O2S/c1-12(2)18(11-13-7-5-6-10-17-13)21(19,20)15-9-4-3-8-14(15)16/h3-4,8-9,12-13,17H,5-7,10-11H2,1-2H3. The van der Waals surface area contributed by atoms with Crippen molar-refractivity contribution in [3.05, 3.63) is 28.7 Å². The fraction of sp³-hybridized carbons (Fsp3) is 0.600. The summed E-state index contributed by atoms with van der Waals surface area (Å²) < 4.78 is 28.1. The molecule has 118 valence electrons. The van der Waals surface area contributed by atoms with Crippen LogP contribution in [0.4, 0.5) is 0 Å². The normalized spacial score (nSPS) is 20.1. The van der Waals surface area contributed by atoms with E-state index in [0.717, 1.165) is 13.0 Å². The molecule has 0 aliphatic carbocycles. The van der Waals surface area contributed by atoms with Gasteiger partial charge in [0.1, 0.15) is 0 Å². The van der Waals surface area contributed by atoms with Gasteiger partial charge in [0, 0.05) is 23.1 Å². The van der Waals surface area contributed by atoms with Gasteiger partial charge >= 0.3 is 0 Å². The predicted octanol–water partition coefficient (Wildman–Crippen LogP) is 2.99. The van der Waals surface area contributed by atoms with Gasteiger partial charge in [-0.15, -0.1) is 0 Å². The molecular formula is C15H23BrN2O2S. The highest BCUT2D eigenvalue weighted by atomic mass is 79.9. The number of nitrogens with zero attached hydrogens (tertiary/aromatic N) is 1. The molecule has 1 fully saturated rings. The Morgan fingerprint density at radius 2 is 2.05 bits per heavy atom. The molecule has 1 aromatic rings. The Kier molecular flexibility index (Phi) is 5.82. The summed E-state index contributed by atoms with van der Waals surface area (Å²) in [5.41, 5.74) is 0. The minimum Gasteiger partial charge on any atom is -0.313 e. The third kappa shape index (κ3) is 4.06. The van der Waals surface area contributed by atoms with Crippen LogP contribution in [0.15, 0.2) is 33.6 Å². The van der Waals surface area contributed by atoms with Crippen molar-refractivity contribution < 1.29 is 8.42 Å². The first-order chi connectivity index (χ1) is 9.93. The Labute approximate surface area is 136 Å². The van der Waals surface area contributed by atoms with Gasteiger partial charge in [-0.05, 0) is 61.3 Å². The van der Waals surface area contributed by atoms with Crippen LogP contribution in [0.5, 0.6) is 0 Å². The van der Waals surface area contributed by atoms with E-state index in [1.165, 1.54) is 12.8 Å². The van der Waals surface area contributed by atoms with E-state index < -0.39 is 10.0 Å². The molecule has 0 bridgehead atoms. The number of halogens is 1. The summed E-state index contributed by atoms with van der Waals surface area (Å²) in [7, 11) is -3.48. The third-order valence-electron chi connectivity index (χ3n) is 3.81. The van der Waals surface area contributed by atoms with Crippen LogP contribution >= 0.6 is 15.9 Å². The third-order valence-corrected chi connectivity index (χ3v) is 6.87. The van der Waals surface area contributed by atoms with Gasteiger partial charge in [-0.2, -0.15) is 4.31 Å². The number of hydrogen-bond donors (Lipinski definition) is 1. The smallest absolute Gasteiger partial charge is 0.244 e. The zero-order valence-electron chi connectivity index (χ0n) is 12.5. The number of nitrogens with one attached hydrogen (secondary N) is 1. The number of hydrogen-bond acceptors (Lipinski definition) is 3. The summed E-state index contributed by atoms with van der Waals surface area (Å²) in [4.78, 5) is 0.342. The summed E-state index contributed by atoms with van der Waals surface area (Å²) in [5, 5.41) is 3.42. The second-order valence-electron chi connectivity index (χ2n) is 5.75. The van der Waals surface area contributed by atoms with E-state index in [4.69, 9.17) is 0 Å². The molecule has 0 aromatic heterocycles. The van der Waals surface area contributed by atoms with Crippen molar-refractivity contribution in [2.24, 2.45) is 0 Å². The number of sulfonamides is 1. The van der Waals surface area contributed by atoms with Gasteiger partial charge in [-0.3, -0.25) is 0 Å². The maximum Gasteiger partial charge on any atom is 0.244 e. The summed E-state index contributed by atoms with van der Waals surface area (Å²) >= 11 is 3.35. The van der Waals surface area contributed by atoms with Crippen LogP contribution < -0.4 is 5.32 Å². The SMILES string of the molecule is CC(C)N(CC1CCCCN1)S(=O)(=O)c1ccccc1Br. The van der Waals surface area contributed by atoms with Crippen molar-refractivity contribution in [3.63, 3.8) is 0 Å². The highest BCUT2D eigenvalue weighted by Crippen LogP contribution is 2.26. The van der Waals surface area contributed by atoms with Crippen molar-refractivity contribution in [1.82, 2.24) is 9.62 Å². The molecule has 0 amide bonds. The lowest BCUT2D eigenvalue weighted by molar-refractivity contribution is 0.282. The average Bonchev–Trinajstić information content (AvgIpc) is 2.45. The Morgan fingerprint density at radius 1 is 1.33 bits per heavy atom. The molecule has 2 rings (SSSR count).